The molecule has 3 nitrogen and oxygen atoms in total. The van der Waals surface area contributed by atoms with Crippen LogP contribution < -0.4 is 0 Å². The molecule has 2 unspecified atom stereocenters. The Kier molecular flexibility index (Phi) is 4.51. The van der Waals surface area contributed by atoms with E-state index in [-0.39, 0.29) is 0 Å². The number of hydrogen-bond donors (Lipinski definition) is 1. The lowest BCUT2D eigenvalue weighted by Crippen LogP contribution is -2.53. The van der Waals surface area contributed by atoms with Gasteiger partial charge in [-0.1, -0.05) is 20.8 Å². The SMILES string of the molecule is CCC1(C(=O)O)CCCN(C2CSCC(C)(C)C2)C1. The molecule has 0 aliphatic carbocycles. The summed E-state index contributed by atoms with van der Waals surface area (Å²) in [4.78, 5) is 14.1. The van der Waals surface area contributed by atoms with Gasteiger partial charge in [-0.05, 0) is 43.4 Å². The standard InChI is InChI=1S/C15H27NO2S/c1-4-15(13(17)18)6-5-7-16(10-15)12-8-14(2,3)11-19-9-12/h12H,4-11H2,1-3H3,(H,17,18). The molecule has 0 aromatic heterocycles. The van der Waals surface area contributed by atoms with E-state index in [4.69, 9.17) is 0 Å². The summed E-state index contributed by atoms with van der Waals surface area (Å²) in [5.74, 6) is 1.81. The number of nitrogens with zero attached hydrogens (tertiary/aromatic N) is 1. The van der Waals surface area contributed by atoms with Crippen molar-refractivity contribution in [3.63, 3.8) is 0 Å². The van der Waals surface area contributed by atoms with E-state index in [1.807, 2.05) is 18.7 Å². The Morgan fingerprint density at radius 3 is 2.79 bits per heavy atom. The molecule has 2 heterocycles. The predicted octanol–water partition coefficient (Wildman–Crippen LogP) is 3.09. The van der Waals surface area contributed by atoms with Crippen molar-refractivity contribution >= 4 is 17.7 Å². The van der Waals surface area contributed by atoms with E-state index >= 15 is 0 Å². The van der Waals surface area contributed by atoms with Crippen LogP contribution >= 0.6 is 11.8 Å². The van der Waals surface area contributed by atoms with Gasteiger partial charge in [-0.15, -0.1) is 0 Å². The first kappa shape index (κ1) is 15.2. The number of carbonyl (C=O) groups is 1. The minimum atomic E-state index is -0.595. The molecule has 0 spiro atoms. The number of carboxylic acids is 1. The molecule has 0 aromatic carbocycles. The third-order valence-electron chi connectivity index (χ3n) is 4.84. The Morgan fingerprint density at radius 1 is 1.47 bits per heavy atom. The van der Waals surface area contributed by atoms with E-state index in [0.717, 1.165) is 32.4 Å². The fourth-order valence-electron chi connectivity index (χ4n) is 3.55. The van der Waals surface area contributed by atoms with E-state index < -0.39 is 11.4 Å². The summed E-state index contributed by atoms with van der Waals surface area (Å²) in [6.07, 6.45) is 3.84. The molecule has 2 aliphatic heterocycles. The molecular weight excluding hydrogens is 258 g/mol. The van der Waals surface area contributed by atoms with Crippen LogP contribution in [0.3, 0.4) is 0 Å². The number of rotatable bonds is 3. The van der Waals surface area contributed by atoms with Crippen molar-refractivity contribution in [1.29, 1.82) is 0 Å². The van der Waals surface area contributed by atoms with Crippen molar-refractivity contribution in [1.82, 2.24) is 4.90 Å². The number of likely N-dealkylation sites (tertiary alicyclic amines) is 1. The van der Waals surface area contributed by atoms with E-state index in [1.54, 1.807) is 0 Å². The Labute approximate surface area is 121 Å². The molecule has 110 valence electrons. The highest BCUT2D eigenvalue weighted by molar-refractivity contribution is 7.99. The van der Waals surface area contributed by atoms with Crippen molar-refractivity contribution in [2.45, 2.75) is 52.5 Å². The Balaban J connectivity index is 2.06. The van der Waals surface area contributed by atoms with Gasteiger partial charge in [-0.2, -0.15) is 11.8 Å². The summed E-state index contributed by atoms with van der Waals surface area (Å²) >= 11 is 2.03. The maximum atomic E-state index is 11.6. The zero-order valence-electron chi connectivity index (χ0n) is 12.4. The van der Waals surface area contributed by atoms with Crippen LogP contribution in [0.1, 0.15) is 46.5 Å². The lowest BCUT2D eigenvalue weighted by molar-refractivity contribution is -0.153. The van der Waals surface area contributed by atoms with Gasteiger partial charge in [0, 0.05) is 18.3 Å². The van der Waals surface area contributed by atoms with Gasteiger partial charge >= 0.3 is 5.97 Å². The van der Waals surface area contributed by atoms with Gasteiger partial charge in [0.15, 0.2) is 0 Å². The number of piperidine rings is 1. The first-order chi connectivity index (χ1) is 8.88. The van der Waals surface area contributed by atoms with E-state index in [0.29, 0.717) is 11.5 Å². The fraction of sp³-hybridized carbons (Fsp3) is 0.933. The zero-order valence-corrected chi connectivity index (χ0v) is 13.3. The van der Waals surface area contributed by atoms with Crippen LogP contribution in [-0.2, 0) is 4.79 Å². The van der Waals surface area contributed by atoms with E-state index in [2.05, 4.69) is 18.7 Å². The van der Waals surface area contributed by atoms with Crippen molar-refractivity contribution in [2.75, 3.05) is 24.6 Å². The summed E-state index contributed by atoms with van der Waals surface area (Å²) in [5.41, 5.74) is -0.104. The quantitative estimate of drug-likeness (QED) is 0.865. The molecule has 4 heteroatoms. The lowest BCUT2D eigenvalue weighted by atomic mass is 9.76. The van der Waals surface area contributed by atoms with Crippen LogP contribution in [0.4, 0.5) is 0 Å². The first-order valence-corrected chi connectivity index (χ1v) is 8.59. The van der Waals surface area contributed by atoms with Gasteiger partial charge in [0.25, 0.3) is 0 Å². The largest absolute Gasteiger partial charge is 0.481 e. The molecule has 1 N–H and O–H groups in total. The average molecular weight is 285 g/mol. The third kappa shape index (κ3) is 3.27. The van der Waals surface area contributed by atoms with Crippen LogP contribution in [0.25, 0.3) is 0 Å². The summed E-state index contributed by atoms with van der Waals surface area (Å²) in [7, 11) is 0. The molecule has 2 aliphatic rings. The number of aliphatic carboxylic acids is 1. The van der Waals surface area contributed by atoms with Gasteiger partial charge in [-0.3, -0.25) is 9.69 Å². The highest BCUT2D eigenvalue weighted by Gasteiger charge is 2.43. The summed E-state index contributed by atoms with van der Waals surface area (Å²) in [6, 6.07) is 0.569. The first-order valence-electron chi connectivity index (χ1n) is 7.44. The molecule has 2 saturated heterocycles. The van der Waals surface area contributed by atoms with Crippen LogP contribution in [-0.4, -0.2) is 46.6 Å². The molecule has 2 atom stereocenters. The molecule has 2 fully saturated rings. The van der Waals surface area contributed by atoms with Gasteiger partial charge in [0.2, 0.25) is 0 Å². The number of hydrogen-bond acceptors (Lipinski definition) is 3. The molecule has 2 rings (SSSR count). The van der Waals surface area contributed by atoms with Crippen molar-refractivity contribution in [3.05, 3.63) is 0 Å². The van der Waals surface area contributed by atoms with Gasteiger partial charge < -0.3 is 5.11 Å². The second-order valence-corrected chi connectivity index (χ2v) is 8.08. The van der Waals surface area contributed by atoms with Crippen molar-refractivity contribution < 1.29 is 9.90 Å². The fourth-order valence-corrected chi connectivity index (χ4v) is 4.94. The normalized spacial score (nSPS) is 36.1. The highest BCUT2D eigenvalue weighted by Crippen LogP contribution is 2.40. The van der Waals surface area contributed by atoms with Crippen LogP contribution in [0.15, 0.2) is 0 Å². The monoisotopic (exact) mass is 285 g/mol. The Morgan fingerprint density at radius 2 is 2.21 bits per heavy atom. The summed E-state index contributed by atoms with van der Waals surface area (Å²) in [6.45, 7) is 8.52. The van der Waals surface area contributed by atoms with Gasteiger partial charge in [-0.25, -0.2) is 0 Å². The molecule has 0 radical (unpaired) electrons. The molecule has 19 heavy (non-hydrogen) atoms. The molecular formula is C15H27NO2S. The van der Waals surface area contributed by atoms with Crippen molar-refractivity contribution in [3.8, 4) is 0 Å². The number of thioether (sulfide) groups is 1. The summed E-state index contributed by atoms with van der Waals surface area (Å²) < 4.78 is 0. The van der Waals surface area contributed by atoms with Crippen LogP contribution in [0.2, 0.25) is 0 Å². The minimum Gasteiger partial charge on any atom is -0.481 e. The maximum Gasteiger partial charge on any atom is 0.310 e. The lowest BCUT2D eigenvalue weighted by Gasteiger charge is -2.46. The van der Waals surface area contributed by atoms with E-state index in [9.17, 15) is 9.90 Å². The highest BCUT2D eigenvalue weighted by atomic mass is 32.2. The number of carboxylic acid groups (broad SMARTS) is 1. The second kappa shape index (κ2) is 5.65. The molecule has 0 bridgehead atoms. The zero-order chi connectivity index (χ0) is 14.1. The smallest absolute Gasteiger partial charge is 0.310 e. The molecule has 0 amide bonds. The topological polar surface area (TPSA) is 40.5 Å². The second-order valence-electron chi connectivity index (χ2n) is 7.05. The van der Waals surface area contributed by atoms with Crippen molar-refractivity contribution in [2.24, 2.45) is 10.8 Å². The average Bonchev–Trinajstić information content (AvgIpc) is 2.37. The van der Waals surface area contributed by atoms with Gasteiger partial charge in [0.1, 0.15) is 0 Å². The van der Waals surface area contributed by atoms with E-state index in [1.165, 1.54) is 17.9 Å². The molecule has 0 aromatic rings. The maximum absolute atomic E-state index is 11.6. The Hall–Kier alpha value is -0.220. The van der Waals surface area contributed by atoms with Crippen LogP contribution in [0.5, 0.6) is 0 Å². The summed E-state index contributed by atoms with van der Waals surface area (Å²) in [5, 5.41) is 9.58. The molecule has 0 saturated carbocycles. The van der Waals surface area contributed by atoms with Crippen LogP contribution in [0, 0.1) is 10.8 Å². The van der Waals surface area contributed by atoms with Gasteiger partial charge in [0.05, 0.1) is 5.41 Å². The minimum absolute atomic E-state index is 0.392. The Bertz CT molecular complexity index is 345. The third-order valence-corrected chi connectivity index (χ3v) is 6.45. The predicted molar refractivity (Wildman–Crippen MR) is 80.7 cm³/mol.